The molecule has 2 aromatic rings. The van der Waals surface area contributed by atoms with E-state index in [1.165, 1.54) is 16.9 Å². The van der Waals surface area contributed by atoms with Gasteiger partial charge in [0.05, 0.1) is 0 Å². The molecule has 0 saturated heterocycles. The third-order valence-electron chi connectivity index (χ3n) is 1.84. The largest absolute Gasteiger partial charge is 0.499 e. The molecule has 1 nitrogen and oxygen atoms in total. The summed E-state index contributed by atoms with van der Waals surface area (Å²) < 4.78 is 1.13. The first-order valence-electron chi connectivity index (χ1n) is 3.59. The first kappa shape index (κ1) is 7.95. The monoisotopic (exact) mass is 196 g/mol. The van der Waals surface area contributed by atoms with Gasteiger partial charge in [-0.05, 0) is 18.6 Å². The van der Waals surface area contributed by atoms with Crippen LogP contribution in [0.3, 0.4) is 0 Å². The fourth-order valence-electron chi connectivity index (χ4n) is 1.23. The number of hydrogen-bond donors (Lipinski definition) is 2. The molecule has 0 amide bonds. The van der Waals surface area contributed by atoms with Crippen molar-refractivity contribution in [3.63, 3.8) is 0 Å². The molecule has 0 unspecified atom stereocenters. The van der Waals surface area contributed by atoms with Crippen molar-refractivity contribution >= 4 is 34.1 Å². The van der Waals surface area contributed by atoms with Crippen molar-refractivity contribution in [1.82, 2.24) is 0 Å². The molecule has 0 fully saturated rings. The van der Waals surface area contributed by atoms with Crippen molar-refractivity contribution < 1.29 is 5.11 Å². The topological polar surface area (TPSA) is 20.2 Å². The van der Waals surface area contributed by atoms with Gasteiger partial charge in [-0.2, -0.15) is 0 Å². The van der Waals surface area contributed by atoms with Crippen LogP contribution in [0.25, 0.3) is 10.1 Å². The number of thiophene rings is 1. The molecule has 0 atom stereocenters. The maximum atomic E-state index is 9.29. The summed E-state index contributed by atoms with van der Waals surface area (Å²) in [6.07, 6.45) is 0. The average molecular weight is 196 g/mol. The highest BCUT2D eigenvalue weighted by Crippen LogP contribution is 2.36. The highest BCUT2D eigenvalue weighted by molar-refractivity contribution is 7.80. The van der Waals surface area contributed by atoms with Crippen molar-refractivity contribution in [1.29, 1.82) is 0 Å². The third kappa shape index (κ3) is 1.09. The number of thiol groups is 1. The lowest BCUT2D eigenvalue weighted by atomic mass is 10.2. The Morgan fingerprint density at radius 1 is 1.42 bits per heavy atom. The van der Waals surface area contributed by atoms with Crippen LogP contribution in [0.5, 0.6) is 5.06 Å². The summed E-state index contributed by atoms with van der Waals surface area (Å²) >= 11 is 5.71. The molecule has 3 heteroatoms. The average Bonchev–Trinajstić information content (AvgIpc) is 2.41. The maximum absolute atomic E-state index is 9.29. The minimum absolute atomic E-state index is 0.356. The van der Waals surface area contributed by atoms with Gasteiger partial charge in [0.1, 0.15) is 0 Å². The summed E-state index contributed by atoms with van der Waals surface area (Å²) in [6, 6.07) is 5.73. The van der Waals surface area contributed by atoms with E-state index in [0.29, 0.717) is 5.06 Å². The first-order valence-corrected chi connectivity index (χ1v) is 4.86. The van der Waals surface area contributed by atoms with Gasteiger partial charge in [0.2, 0.25) is 0 Å². The Hall–Kier alpha value is -0.670. The fraction of sp³-hybridized carbons (Fsp3) is 0.111. The van der Waals surface area contributed by atoms with Crippen molar-refractivity contribution in [2.75, 3.05) is 0 Å². The minimum atomic E-state index is 0.356. The standard InChI is InChI=1S/C9H8OS2/c1-5-2-3-7(11)6-4-8(10)12-9(5)6/h2-4,10-11H,1H3. The molecule has 12 heavy (non-hydrogen) atoms. The molecule has 0 radical (unpaired) electrons. The molecule has 1 aromatic carbocycles. The normalized spacial score (nSPS) is 10.8. The molecule has 0 spiro atoms. The number of hydrogen-bond acceptors (Lipinski definition) is 3. The molecule has 1 aromatic heterocycles. The van der Waals surface area contributed by atoms with Crippen molar-refractivity contribution in [2.45, 2.75) is 11.8 Å². The summed E-state index contributed by atoms with van der Waals surface area (Å²) in [5.74, 6) is 0. The van der Waals surface area contributed by atoms with Crippen LogP contribution in [-0.4, -0.2) is 5.11 Å². The molecule has 0 aliphatic rings. The quantitative estimate of drug-likeness (QED) is 0.620. The summed E-state index contributed by atoms with van der Waals surface area (Å²) in [7, 11) is 0. The predicted octanol–water partition coefficient (Wildman–Crippen LogP) is 3.20. The van der Waals surface area contributed by atoms with Gasteiger partial charge in [-0.25, -0.2) is 0 Å². The Morgan fingerprint density at radius 2 is 2.17 bits per heavy atom. The second-order valence-corrected chi connectivity index (χ2v) is 4.24. The van der Waals surface area contributed by atoms with E-state index >= 15 is 0 Å². The van der Waals surface area contributed by atoms with Crippen LogP contribution in [0, 0.1) is 6.92 Å². The molecule has 2 rings (SSSR count). The van der Waals surface area contributed by atoms with Crippen molar-refractivity contribution in [3.8, 4) is 5.06 Å². The van der Waals surface area contributed by atoms with E-state index in [1.807, 2.05) is 19.1 Å². The predicted molar refractivity (Wildman–Crippen MR) is 55.5 cm³/mol. The van der Waals surface area contributed by atoms with Crippen LogP contribution in [0.2, 0.25) is 0 Å². The number of benzene rings is 1. The molecular formula is C9H8OS2. The van der Waals surface area contributed by atoms with Gasteiger partial charge in [-0.3, -0.25) is 0 Å². The lowest BCUT2D eigenvalue weighted by Crippen LogP contribution is -1.72. The lowest BCUT2D eigenvalue weighted by Gasteiger charge is -1.96. The minimum Gasteiger partial charge on any atom is -0.499 e. The highest BCUT2D eigenvalue weighted by Gasteiger charge is 2.05. The zero-order valence-corrected chi connectivity index (χ0v) is 8.25. The van der Waals surface area contributed by atoms with Crippen LogP contribution >= 0.6 is 24.0 Å². The molecule has 62 valence electrons. The van der Waals surface area contributed by atoms with Crippen molar-refractivity contribution in [3.05, 3.63) is 23.8 Å². The third-order valence-corrected chi connectivity index (χ3v) is 3.31. The van der Waals surface area contributed by atoms with Crippen LogP contribution in [-0.2, 0) is 0 Å². The van der Waals surface area contributed by atoms with E-state index in [4.69, 9.17) is 0 Å². The lowest BCUT2D eigenvalue weighted by molar-refractivity contribution is 0.491. The summed E-state index contributed by atoms with van der Waals surface area (Å²) in [5, 5.41) is 10.7. The number of rotatable bonds is 0. The van der Waals surface area contributed by atoms with Crippen LogP contribution in [0.1, 0.15) is 5.56 Å². The second-order valence-electron chi connectivity index (χ2n) is 2.73. The van der Waals surface area contributed by atoms with Crippen molar-refractivity contribution in [2.24, 2.45) is 0 Å². The molecule has 0 aliphatic carbocycles. The van der Waals surface area contributed by atoms with Gasteiger partial charge in [-0.1, -0.05) is 17.4 Å². The zero-order chi connectivity index (χ0) is 8.72. The zero-order valence-electron chi connectivity index (χ0n) is 6.53. The number of aromatic hydroxyl groups is 1. The van der Waals surface area contributed by atoms with E-state index in [2.05, 4.69) is 12.6 Å². The second kappa shape index (κ2) is 2.68. The summed E-state index contributed by atoms with van der Waals surface area (Å²) in [5.41, 5.74) is 1.19. The van der Waals surface area contributed by atoms with E-state index in [1.54, 1.807) is 6.07 Å². The SMILES string of the molecule is Cc1ccc(S)c2cc(O)sc12. The van der Waals surface area contributed by atoms with Crippen LogP contribution in [0.15, 0.2) is 23.1 Å². The smallest absolute Gasteiger partial charge is 0.172 e. The Bertz CT molecular complexity index is 392. The van der Waals surface area contributed by atoms with E-state index < -0.39 is 0 Å². The van der Waals surface area contributed by atoms with Gasteiger partial charge in [-0.15, -0.1) is 12.6 Å². The Kier molecular flexibility index (Phi) is 1.77. The maximum Gasteiger partial charge on any atom is 0.172 e. The van der Waals surface area contributed by atoms with Gasteiger partial charge in [0.15, 0.2) is 5.06 Å². The van der Waals surface area contributed by atoms with Gasteiger partial charge >= 0.3 is 0 Å². The van der Waals surface area contributed by atoms with Gasteiger partial charge in [0.25, 0.3) is 0 Å². The number of fused-ring (bicyclic) bond motifs is 1. The van der Waals surface area contributed by atoms with Gasteiger partial charge < -0.3 is 5.11 Å². The van der Waals surface area contributed by atoms with Crippen LogP contribution < -0.4 is 0 Å². The summed E-state index contributed by atoms with van der Waals surface area (Å²) in [6.45, 7) is 2.03. The Balaban J connectivity index is 2.93. The first-order chi connectivity index (χ1) is 5.68. The summed E-state index contributed by atoms with van der Waals surface area (Å²) in [4.78, 5) is 0.923. The van der Waals surface area contributed by atoms with E-state index in [-0.39, 0.29) is 0 Å². The Morgan fingerprint density at radius 3 is 2.83 bits per heavy atom. The van der Waals surface area contributed by atoms with Crippen LogP contribution in [0.4, 0.5) is 0 Å². The molecule has 0 bridgehead atoms. The highest BCUT2D eigenvalue weighted by atomic mass is 32.1. The fourth-order valence-corrected chi connectivity index (χ4v) is 2.45. The van der Waals surface area contributed by atoms with E-state index in [9.17, 15) is 5.11 Å². The molecular weight excluding hydrogens is 188 g/mol. The molecule has 0 aliphatic heterocycles. The van der Waals surface area contributed by atoms with Gasteiger partial charge in [0, 0.05) is 21.0 Å². The number of aryl methyl sites for hydroxylation is 1. The Labute approximate surface area is 80.1 Å². The molecule has 1 N–H and O–H groups in total. The molecule has 1 heterocycles. The molecule has 0 saturated carbocycles. The van der Waals surface area contributed by atoms with E-state index in [0.717, 1.165) is 15.0 Å².